The molecule has 3 rings (SSSR count). The molecule has 26 heavy (non-hydrogen) atoms. The molecule has 3 aromatic rings. The highest BCUT2D eigenvalue weighted by molar-refractivity contribution is 7.00. The molecule has 0 spiro atoms. The van der Waals surface area contributed by atoms with Gasteiger partial charge in [-0.3, -0.25) is 4.79 Å². The lowest BCUT2D eigenvalue weighted by atomic mass is 10.2. The summed E-state index contributed by atoms with van der Waals surface area (Å²) >= 11 is 1.11. The summed E-state index contributed by atoms with van der Waals surface area (Å²) in [5, 5.41) is 2.84. The van der Waals surface area contributed by atoms with Gasteiger partial charge in [0.2, 0.25) is 5.88 Å². The van der Waals surface area contributed by atoms with E-state index < -0.39 is 0 Å². The number of ether oxygens (including phenoxy) is 2. The second-order valence-corrected chi connectivity index (χ2v) is 7.11. The summed E-state index contributed by atoms with van der Waals surface area (Å²) in [4.78, 5) is 16.6. The molecule has 7 nitrogen and oxygen atoms in total. The first-order valence-corrected chi connectivity index (χ1v) is 8.91. The molecule has 0 atom stereocenters. The first kappa shape index (κ1) is 18.2. The summed E-state index contributed by atoms with van der Waals surface area (Å²) in [5.74, 6) is 0.186. The molecule has 1 amide bonds. The van der Waals surface area contributed by atoms with E-state index in [2.05, 4.69) is 19.0 Å². The summed E-state index contributed by atoms with van der Waals surface area (Å²) in [6.45, 7) is 6.83. The van der Waals surface area contributed by atoms with Gasteiger partial charge in [0.05, 0.1) is 35.2 Å². The second-order valence-electron chi connectivity index (χ2n) is 6.59. The van der Waals surface area contributed by atoms with Crippen LogP contribution in [0.5, 0.6) is 5.88 Å². The van der Waals surface area contributed by atoms with E-state index in [0.29, 0.717) is 35.9 Å². The minimum absolute atomic E-state index is 0.200. The molecule has 0 radical (unpaired) electrons. The number of aromatic nitrogens is 3. The predicted octanol–water partition coefficient (Wildman–Crippen LogP) is 3.53. The van der Waals surface area contributed by atoms with Gasteiger partial charge in [0.1, 0.15) is 17.6 Å². The van der Waals surface area contributed by atoms with Crippen molar-refractivity contribution in [2.24, 2.45) is 0 Å². The Bertz CT molecular complexity index is 887. The van der Waals surface area contributed by atoms with Crippen LogP contribution in [0.2, 0.25) is 0 Å². The van der Waals surface area contributed by atoms with Gasteiger partial charge in [-0.25, -0.2) is 4.98 Å². The summed E-state index contributed by atoms with van der Waals surface area (Å²) < 4.78 is 19.5. The molecule has 0 bridgehead atoms. The van der Waals surface area contributed by atoms with E-state index in [9.17, 15) is 4.79 Å². The Hall–Kier alpha value is -2.58. The minimum atomic E-state index is -0.263. The number of pyridine rings is 1. The zero-order chi connectivity index (χ0) is 18.6. The van der Waals surface area contributed by atoms with Crippen molar-refractivity contribution in [3.8, 4) is 5.88 Å². The van der Waals surface area contributed by atoms with Gasteiger partial charge in [0.15, 0.2) is 0 Å². The Labute approximate surface area is 155 Å². The third-order valence-corrected chi connectivity index (χ3v) is 3.94. The van der Waals surface area contributed by atoms with Crippen molar-refractivity contribution in [1.82, 2.24) is 13.7 Å². The van der Waals surface area contributed by atoms with E-state index in [1.807, 2.05) is 32.9 Å². The lowest BCUT2D eigenvalue weighted by molar-refractivity contribution is -0.0168. The standard InChI is InChI=1S/C18H20N4O3S/c1-18(2,3)25-10-9-24-15-8-7-12(11-19-15)17(23)20-13-5-4-6-14-16(13)22-26-21-14/h4-8,11H,9-10H2,1-3H3,(H,20,23). The van der Waals surface area contributed by atoms with Gasteiger partial charge >= 0.3 is 0 Å². The Morgan fingerprint density at radius 2 is 2.00 bits per heavy atom. The van der Waals surface area contributed by atoms with Crippen LogP contribution in [0.4, 0.5) is 5.69 Å². The number of benzene rings is 1. The maximum Gasteiger partial charge on any atom is 0.257 e. The van der Waals surface area contributed by atoms with Crippen LogP contribution >= 0.6 is 11.7 Å². The van der Waals surface area contributed by atoms with Gasteiger partial charge in [-0.15, -0.1) is 0 Å². The number of hydrogen-bond acceptors (Lipinski definition) is 7. The lowest BCUT2D eigenvalue weighted by Gasteiger charge is -2.19. The third-order valence-electron chi connectivity index (χ3n) is 3.40. The highest BCUT2D eigenvalue weighted by Crippen LogP contribution is 2.22. The molecule has 1 aromatic carbocycles. The molecule has 0 saturated heterocycles. The van der Waals surface area contributed by atoms with E-state index in [1.54, 1.807) is 18.2 Å². The molecule has 0 aliphatic heterocycles. The average molecular weight is 372 g/mol. The molecule has 8 heteroatoms. The quantitative estimate of drug-likeness (QED) is 0.666. The number of anilines is 1. The van der Waals surface area contributed by atoms with Crippen LogP contribution in [0.15, 0.2) is 36.5 Å². The summed E-state index contributed by atoms with van der Waals surface area (Å²) in [6.07, 6.45) is 1.48. The maximum absolute atomic E-state index is 12.4. The lowest BCUT2D eigenvalue weighted by Crippen LogP contribution is -2.22. The van der Waals surface area contributed by atoms with E-state index in [-0.39, 0.29) is 11.5 Å². The fraction of sp³-hybridized carbons (Fsp3) is 0.333. The number of carbonyl (C=O) groups is 1. The average Bonchev–Trinajstić information content (AvgIpc) is 3.08. The van der Waals surface area contributed by atoms with Crippen molar-refractivity contribution in [3.05, 3.63) is 42.1 Å². The molecule has 2 heterocycles. The van der Waals surface area contributed by atoms with Gasteiger partial charge in [-0.05, 0) is 39.0 Å². The van der Waals surface area contributed by atoms with Crippen LogP contribution in [0, 0.1) is 0 Å². The zero-order valence-corrected chi connectivity index (χ0v) is 15.7. The largest absolute Gasteiger partial charge is 0.475 e. The Morgan fingerprint density at radius 1 is 1.15 bits per heavy atom. The number of nitrogens with zero attached hydrogens (tertiary/aromatic N) is 3. The Kier molecular flexibility index (Phi) is 5.43. The Morgan fingerprint density at radius 3 is 2.73 bits per heavy atom. The summed E-state index contributed by atoms with van der Waals surface area (Å²) in [5.41, 5.74) is 2.29. The van der Waals surface area contributed by atoms with Crippen LogP contribution in [0.3, 0.4) is 0 Å². The van der Waals surface area contributed by atoms with Gasteiger partial charge in [0, 0.05) is 12.3 Å². The van der Waals surface area contributed by atoms with Gasteiger partial charge < -0.3 is 14.8 Å². The number of hydrogen-bond donors (Lipinski definition) is 1. The molecule has 0 fully saturated rings. The first-order chi connectivity index (χ1) is 12.4. The summed E-state index contributed by atoms with van der Waals surface area (Å²) in [6, 6.07) is 8.81. The number of fused-ring (bicyclic) bond motifs is 1. The monoisotopic (exact) mass is 372 g/mol. The normalized spacial score (nSPS) is 11.5. The fourth-order valence-electron chi connectivity index (χ4n) is 2.20. The van der Waals surface area contributed by atoms with Crippen LogP contribution in [-0.2, 0) is 4.74 Å². The van der Waals surface area contributed by atoms with Crippen molar-refractivity contribution in [3.63, 3.8) is 0 Å². The van der Waals surface area contributed by atoms with E-state index in [0.717, 1.165) is 17.2 Å². The van der Waals surface area contributed by atoms with E-state index in [1.165, 1.54) is 6.20 Å². The van der Waals surface area contributed by atoms with Crippen molar-refractivity contribution >= 4 is 34.4 Å². The van der Waals surface area contributed by atoms with Crippen LogP contribution in [-0.4, -0.2) is 38.5 Å². The SMILES string of the molecule is CC(C)(C)OCCOc1ccc(C(=O)Nc2cccc3nsnc23)cn1. The topological polar surface area (TPSA) is 86.2 Å². The minimum Gasteiger partial charge on any atom is -0.475 e. The van der Waals surface area contributed by atoms with Crippen molar-refractivity contribution in [1.29, 1.82) is 0 Å². The second kappa shape index (κ2) is 7.76. The first-order valence-electron chi connectivity index (χ1n) is 8.18. The predicted molar refractivity (Wildman–Crippen MR) is 101 cm³/mol. The zero-order valence-electron chi connectivity index (χ0n) is 14.9. The Balaban J connectivity index is 1.58. The van der Waals surface area contributed by atoms with Crippen molar-refractivity contribution < 1.29 is 14.3 Å². The maximum atomic E-state index is 12.4. The van der Waals surface area contributed by atoms with E-state index in [4.69, 9.17) is 9.47 Å². The van der Waals surface area contributed by atoms with Crippen LogP contribution < -0.4 is 10.1 Å². The van der Waals surface area contributed by atoms with Crippen molar-refractivity contribution in [2.45, 2.75) is 26.4 Å². The van der Waals surface area contributed by atoms with Crippen LogP contribution in [0.1, 0.15) is 31.1 Å². The number of nitrogens with one attached hydrogen (secondary N) is 1. The van der Waals surface area contributed by atoms with Crippen molar-refractivity contribution in [2.75, 3.05) is 18.5 Å². The summed E-state index contributed by atoms with van der Waals surface area (Å²) in [7, 11) is 0. The molecule has 1 N–H and O–H groups in total. The highest BCUT2D eigenvalue weighted by Gasteiger charge is 2.12. The van der Waals surface area contributed by atoms with Gasteiger partial charge in [-0.2, -0.15) is 8.75 Å². The smallest absolute Gasteiger partial charge is 0.257 e. The molecular weight excluding hydrogens is 352 g/mol. The van der Waals surface area contributed by atoms with Crippen LogP contribution in [0.25, 0.3) is 11.0 Å². The van der Waals surface area contributed by atoms with E-state index >= 15 is 0 Å². The van der Waals surface area contributed by atoms with Gasteiger partial charge in [0.25, 0.3) is 5.91 Å². The number of carbonyl (C=O) groups excluding carboxylic acids is 1. The molecule has 136 valence electrons. The molecule has 0 aliphatic rings. The number of rotatable bonds is 6. The molecule has 0 saturated carbocycles. The number of amides is 1. The third kappa shape index (κ3) is 4.74. The fourth-order valence-corrected chi connectivity index (χ4v) is 2.75. The molecule has 0 unspecified atom stereocenters. The molecule has 2 aromatic heterocycles. The molecule has 0 aliphatic carbocycles. The molecular formula is C18H20N4O3S. The highest BCUT2D eigenvalue weighted by atomic mass is 32.1. The van der Waals surface area contributed by atoms with Gasteiger partial charge in [-0.1, -0.05) is 6.07 Å².